The maximum atomic E-state index is 4.40. The molecule has 0 aliphatic carbocycles. The van der Waals surface area contributed by atoms with E-state index < -0.39 is 0 Å². The molecule has 0 bridgehead atoms. The van der Waals surface area contributed by atoms with Crippen molar-refractivity contribution < 1.29 is 0 Å². The van der Waals surface area contributed by atoms with Gasteiger partial charge in [0.05, 0.1) is 11.7 Å². The number of hydrogen-bond donors (Lipinski definition) is 1. The van der Waals surface area contributed by atoms with Crippen LogP contribution in [0.2, 0.25) is 0 Å². The Balaban J connectivity index is 3.05. The monoisotopic (exact) mass is 332 g/mol. The summed E-state index contributed by atoms with van der Waals surface area (Å²) in [6.45, 7) is 8.95. The van der Waals surface area contributed by atoms with Gasteiger partial charge in [0.15, 0.2) is 0 Å². The Hall–Kier alpha value is -0.190. The molecule has 2 nitrogen and oxygen atoms in total. The van der Waals surface area contributed by atoms with Gasteiger partial charge in [-0.05, 0) is 51.4 Å². The molecule has 15 heavy (non-hydrogen) atoms. The number of nitrogens with one attached hydrogen (secondary N) is 1. The lowest BCUT2D eigenvalue weighted by Gasteiger charge is -2.18. The van der Waals surface area contributed by atoms with Crippen LogP contribution in [0, 0.1) is 0 Å². The zero-order valence-electron chi connectivity index (χ0n) is 8.85. The van der Waals surface area contributed by atoms with Gasteiger partial charge in [-0.25, -0.2) is 0 Å². The minimum atomic E-state index is 0.109. The molecule has 0 aliphatic rings. The molecule has 1 aromatic heterocycles. The van der Waals surface area contributed by atoms with E-state index in [2.05, 4.69) is 55.7 Å². The van der Waals surface area contributed by atoms with Crippen molar-refractivity contribution in [3.8, 4) is 0 Å². The van der Waals surface area contributed by atoms with Crippen LogP contribution in [0.3, 0.4) is 0 Å². The number of pyridine rings is 1. The Morgan fingerprint density at radius 2 is 2.27 bits per heavy atom. The van der Waals surface area contributed by atoms with Crippen LogP contribution >= 0.6 is 31.9 Å². The van der Waals surface area contributed by atoms with Crippen molar-refractivity contribution in [2.24, 2.45) is 0 Å². The maximum absolute atomic E-state index is 4.40. The summed E-state index contributed by atoms with van der Waals surface area (Å²) in [6.07, 6.45) is 1.80. The minimum Gasteiger partial charge on any atom is -0.305 e. The first-order valence-corrected chi connectivity index (χ1v) is 6.34. The quantitative estimate of drug-likeness (QED) is 0.847. The van der Waals surface area contributed by atoms with Gasteiger partial charge < -0.3 is 5.32 Å². The van der Waals surface area contributed by atoms with Gasteiger partial charge in [-0.2, -0.15) is 0 Å². The van der Waals surface area contributed by atoms with Gasteiger partial charge in [-0.3, -0.25) is 4.98 Å². The fraction of sp³-hybridized carbons (Fsp3) is 0.364. The fourth-order valence-electron chi connectivity index (χ4n) is 1.35. The standard InChI is InChI=1S/C11H14Br2N2/c1-4-14-10(7(2)3)11-9(13)5-8(12)6-15-11/h5-6,10,14H,2,4H2,1,3H3. The lowest BCUT2D eigenvalue weighted by Crippen LogP contribution is -2.22. The Morgan fingerprint density at radius 3 is 2.73 bits per heavy atom. The molecule has 1 aromatic rings. The van der Waals surface area contributed by atoms with Crippen LogP contribution < -0.4 is 5.32 Å². The number of halogens is 2. The third-order valence-electron chi connectivity index (χ3n) is 2.01. The first-order chi connectivity index (χ1) is 7.06. The third kappa shape index (κ3) is 3.40. The molecular formula is C11H14Br2N2. The summed E-state index contributed by atoms with van der Waals surface area (Å²) in [5.74, 6) is 0. The molecule has 4 heteroatoms. The molecule has 1 N–H and O–H groups in total. The zero-order chi connectivity index (χ0) is 11.4. The second-order valence-corrected chi connectivity index (χ2v) is 5.13. The highest BCUT2D eigenvalue weighted by atomic mass is 79.9. The van der Waals surface area contributed by atoms with Crippen LogP contribution in [0.5, 0.6) is 0 Å². The molecule has 1 rings (SSSR count). The first-order valence-electron chi connectivity index (χ1n) is 4.76. The predicted molar refractivity (Wildman–Crippen MR) is 70.9 cm³/mol. The molecule has 0 saturated carbocycles. The largest absolute Gasteiger partial charge is 0.305 e. The van der Waals surface area contributed by atoms with Crippen molar-refractivity contribution in [2.75, 3.05) is 6.54 Å². The molecule has 0 aliphatic heterocycles. The number of likely N-dealkylation sites (N-methyl/N-ethyl adjacent to an activating group) is 1. The maximum Gasteiger partial charge on any atom is 0.0757 e. The van der Waals surface area contributed by atoms with Gasteiger partial charge >= 0.3 is 0 Å². The van der Waals surface area contributed by atoms with Crippen molar-refractivity contribution in [2.45, 2.75) is 19.9 Å². The van der Waals surface area contributed by atoms with E-state index in [1.165, 1.54) is 0 Å². The van der Waals surface area contributed by atoms with E-state index in [1.807, 2.05) is 13.0 Å². The second-order valence-electron chi connectivity index (χ2n) is 3.36. The lowest BCUT2D eigenvalue weighted by molar-refractivity contribution is 0.604. The lowest BCUT2D eigenvalue weighted by atomic mass is 10.1. The van der Waals surface area contributed by atoms with Gasteiger partial charge in [-0.1, -0.05) is 19.1 Å². The Labute approximate surface area is 107 Å². The summed E-state index contributed by atoms with van der Waals surface area (Å²) in [6, 6.07) is 2.10. The molecule has 1 atom stereocenters. The van der Waals surface area contributed by atoms with E-state index in [9.17, 15) is 0 Å². The van der Waals surface area contributed by atoms with Gasteiger partial charge in [0.1, 0.15) is 0 Å². The predicted octanol–water partition coefficient (Wildman–Crippen LogP) is 3.83. The van der Waals surface area contributed by atoms with Crippen LogP contribution in [0.15, 0.2) is 33.4 Å². The van der Waals surface area contributed by atoms with E-state index in [0.29, 0.717) is 0 Å². The summed E-state index contributed by atoms with van der Waals surface area (Å²) in [5.41, 5.74) is 2.04. The van der Waals surface area contributed by atoms with Gasteiger partial charge in [0.25, 0.3) is 0 Å². The van der Waals surface area contributed by atoms with Crippen LogP contribution in [-0.2, 0) is 0 Å². The van der Waals surface area contributed by atoms with Gasteiger partial charge in [0.2, 0.25) is 0 Å². The summed E-state index contributed by atoms with van der Waals surface area (Å²) in [4.78, 5) is 4.40. The van der Waals surface area contributed by atoms with Crippen LogP contribution in [0.4, 0.5) is 0 Å². The first kappa shape index (κ1) is 12.9. The van der Waals surface area contributed by atoms with Crippen molar-refractivity contribution in [1.82, 2.24) is 10.3 Å². The molecule has 0 fully saturated rings. The minimum absolute atomic E-state index is 0.109. The summed E-state index contributed by atoms with van der Waals surface area (Å²) in [7, 11) is 0. The van der Waals surface area contributed by atoms with Crippen molar-refractivity contribution >= 4 is 31.9 Å². The average Bonchev–Trinajstić information content (AvgIpc) is 2.15. The summed E-state index contributed by atoms with van der Waals surface area (Å²) < 4.78 is 1.96. The SMILES string of the molecule is C=C(C)C(NCC)c1ncc(Br)cc1Br. The molecular weight excluding hydrogens is 320 g/mol. The molecule has 0 saturated heterocycles. The highest BCUT2D eigenvalue weighted by Gasteiger charge is 2.15. The Kier molecular flexibility index (Phi) is 4.96. The highest BCUT2D eigenvalue weighted by molar-refractivity contribution is 9.11. The third-order valence-corrected chi connectivity index (χ3v) is 3.08. The van der Waals surface area contributed by atoms with Gasteiger partial charge in [-0.15, -0.1) is 0 Å². The molecule has 82 valence electrons. The van der Waals surface area contributed by atoms with Crippen LogP contribution in [-0.4, -0.2) is 11.5 Å². The summed E-state index contributed by atoms with van der Waals surface area (Å²) in [5, 5.41) is 3.35. The number of nitrogens with zero attached hydrogens (tertiary/aromatic N) is 1. The Morgan fingerprint density at radius 1 is 1.60 bits per heavy atom. The zero-order valence-corrected chi connectivity index (χ0v) is 12.0. The van der Waals surface area contributed by atoms with Crippen molar-refractivity contribution in [3.05, 3.63) is 39.1 Å². The van der Waals surface area contributed by atoms with Crippen LogP contribution in [0.1, 0.15) is 25.6 Å². The van der Waals surface area contributed by atoms with Crippen molar-refractivity contribution in [1.29, 1.82) is 0 Å². The van der Waals surface area contributed by atoms with Crippen LogP contribution in [0.25, 0.3) is 0 Å². The number of hydrogen-bond acceptors (Lipinski definition) is 2. The molecule has 1 unspecified atom stereocenters. The summed E-state index contributed by atoms with van der Waals surface area (Å²) >= 11 is 6.90. The van der Waals surface area contributed by atoms with E-state index in [-0.39, 0.29) is 6.04 Å². The molecule has 0 amide bonds. The second kappa shape index (κ2) is 5.77. The van der Waals surface area contributed by atoms with Crippen molar-refractivity contribution in [3.63, 3.8) is 0 Å². The van der Waals surface area contributed by atoms with E-state index in [1.54, 1.807) is 6.20 Å². The fourth-order valence-corrected chi connectivity index (χ4v) is 2.56. The Bertz CT molecular complexity index is 364. The van der Waals surface area contributed by atoms with E-state index in [0.717, 1.165) is 26.8 Å². The normalized spacial score (nSPS) is 12.5. The smallest absolute Gasteiger partial charge is 0.0757 e. The van der Waals surface area contributed by atoms with Gasteiger partial charge in [0, 0.05) is 15.1 Å². The average molecular weight is 334 g/mol. The highest BCUT2D eigenvalue weighted by Crippen LogP contribution is 2.27. The molecule has 0 radical (unpaired) electrons. The van der Waals surface area contributed by atoms with E-state index in [4.69, 9.17) is 0 Å². The van der Waals surface area contributed by atoms with E-state index >= 15 is 0 Å². The molecule has 1 heterocycles. The molecule has 0 spiro atoms. The number of rotatable bonds is 4. The topological polar surface area (TPSA) is 24.9 Å². The molecule has 0 aromatic carbocycles. The number of aromatic nitrogens is 1.